The molecule has 0 spiro atoms. The molecule has 1 aliphatic heterocycles. The van der Waals surface area contributed by atoms with Crippen molar-refractivity contribution in [3.63, 3.8) is 0 Å². The van der Waals surface area contributed by atoms with Gasteiger partial charge in [-0.05, 0) is 24.3 Å². The van der Waals surface area contributed by atoms with Crippen molar-refractivity contribution in [2.45, 2.75) is 6.42 Å². The molecule has 1 saturated heterocycles. The van der Waals surface area contributed by atoms with Gasteiger partial charge in [0.2, 0.25) is 5.91 Å². The number of thiocarbonyl (C=S) groups is 1. The van der Waals surface area contributed by atoms with Gasteiger partial charge in [0.05, 0.1) is 16.1 Å². The number of furan rings is 1. The zero-order valence-electron chi connectivity index (χ0n) is 13.8. The first kappa shape index (κ1) is 18.8. The van der Waals surface area contributed by atoms with Crippen molar-refractivity contribution in [3.8, 4) is 0 Å². The molecule has 10 heteroatoms. The summed E-state index contributed by atoms with van der Waals surface area (Å²) in [7, 11) is 0. The molecule has 1 fully saturated rings. The first-order valence-electron chi connectivity index (χ1n) is 7.77. The Hall–Kier alpha value is -2.98. The van der Waals surface area contributed by atoms with E-state index in [0.29, 0.717) is 20.7 Å². The summed E-state index contributed by atoms with van der Waals surface area (Å²) in [6.07, 6.45) is 3.16. The van der Waals surface area contributed by atoms with E-state index < -0.39 is 4.92 Å². The van der Waals surface area contributed by atoms with Crippen molar-refractivity contribution in [3.05, 3.63) is 63.4 Å². The Bertz CT molecular complexity index is 923. The molecule has 3 rings (SSSR count). The minimum absolute atomic E-state index is 0.0391. The Balaban J connectivity index is 1.56. The number of carbonyl (C=O) groups excluding carboxylic acids is 2. The van der Waals surface area contributed by atoms with Crippen LogP contribution in [-0.4, -0.2) is 32.5 Å². The highest BCUT2D eigenvalue weighted by Gasteiger charge is 2.32. The number of carbonyl (C=O) groups is 2. The molecule has 27 heavy (non-hydrogen) atoms. The number of rotatable bonds is 6. The van der Waals surface area contributed by atoms with Crippen LogP contribution < -0.4 is 5.32 Å². The predicted molar refractivity (Wildman–Crippen MR) is 105 cm³/mol. The summed E-state index contributed by atoms with van der Waals surface area (Å²) in [5.41, 5.74) is 0.377. The van der Waals surface area contributed by atoms with E-state index in [4.69, 9.17) is 16.6 Å². The summed E-state index contributed by atoms with van der Waals surface area (Å²) in [5.74, 6) is -0.0520. The lowest BCUT2D eigenvalue weighted by molar-refractivity contribution is -0.384. The van der Waals surface area contributed by atoms with E-state index in [2.05, 4.69) is 5.32 Å². The molecule has 1 aliphatic rings. The van der Waals surface area contributed by atoms with E-state index in [-0.39, 0.29) is 30.5 Å². The van der Waals surface area contributed by atoms with Crippen LogP contribution in [0.3, 0.4) is 0 Å². The van der Waals surface area contributed by atoms with Crippen LogP contribution >= 0.6 is 24.0 Å². The molecular weight excluding hydrogens is 390 g/mol. The topological polar surface area (TPSA) is 106 Å². The molecule has 0 bridgehead atoms. The highest BCUT2D eigenvalue weighted by Crippen LogP contribution is 2.32. The van der Waals surface area contributed by atoms with Crippen molar-refractivity contribution >= 4 is 57.6 Å². The number of non-ortho nitro benzene ring substituents is 1. The summed E-state index contributed by atoms with van der Waals surface area (Å²) < 4.78 is 5.57. The Morgan fingerprint density at radius 3 is 2.70 bits per heavy atom. The van der Waals surface area contributed by atoms with Gasteiger partial charge in [-0.1, -0.05) is 24.0 Å². The Morgan fingerprint density at radius 1 is 1.33 bits per heavy atom. The second-order valence-corrected chi connectivity index (χ2v) is 7.13. The largest absolute Gasteiger partial charge is 0.465 e. The number of nitrogens with one attached hydrogen (secondary N) is 1. The van der Waals surface area contributed by atoms with Gasteiger partial charge in [0, 0.05) is 36.9 Å². The van der Waals surface area contributed by atoms with Crippen LogP contribution in [0.5, 0.6) is 0 Å². The SMILES string of the molecule is O=C(CCN1C(=O)/C(=C\c2ccco2)SC1=S)Nc1ccc([N+](=O)[O-])cc1. The number of amides is 2. The highest BCUT2D eigenvalue weighted by molar-refractivity contribution is 8.26. The molecule has 2 aromatic rings. The maximum atomic E-state index is 12.4. The van der Waals surface area contributed by atoms with Gasteiger partial charge >= 0.3 is 0 Å². The number of hydrogen-bond acceptors (Lipinski definition) is 7. The smallest absolute Gasteiger partial charge is 0.269 e. The third-order valence-corrected chi connectivity index (χ3v) is 4.99. The van der Waals surface area contributed by atoms with E-state index in [1.54, 1.807) is 18.2 Å². The second kappa shape index (κ2) is 8.14. The molecule has 0 aliphatic carbocycles. The van der Waals surface area contributed by atoms with Crippen LogP contribution in [0.4, 0.5) is 11.4 Å². The van der Waals surface area contributed by atoms with Crippen LogP contribution in [0.25, 0.3) is 6.08 Å². The van der Waals surface area contributed by atoms with Gasteiger partial charge in [0.25, 0.3) is 11.6 Å². The Kier molecular flexibility index (Phi) is 5.67. The molecule has 0 saturated carbocycles. The summed E-state index contributed by atoms with van der Waals surface area (Å²) in [6.45, 7) is 0.138. The Morgan fingerprint density at radius 2 is 2.07 bits per heavy atom. The molecule has 0 unspecified atom stereocenters. The van der Waals surface area contributed by atoms with Gasteiger partial charge in [-0.2, -0.15) is 0 Å². The van der Waals surface area contributed by atoms with Crippen LogP contribution in [0.1, 0.15) is 12.2 Å². The van der Waals surface area contributed by atoms with E-state index in [1.807, 2.05) is 0 Å². The highest BCUT2D eigenvalue weighted by atomic mass is 32.2. The van der Waals surface area contributed by atoms with Gasteiger partial charge in [0.15, 0.2) is 0 Å². The third-order valence-electron chi connectivity index (χ3n) is 3.61. The summed E-state index contributed by atoms with van der Waals surface area (Å²) >= 11 is 6.37. The molecule has 8 nitrogen and oxygen atoms in total. The molecule has 1 N–H and O–H groups in total. The van der Waals surface area contributed by atoms with Crippen LogP contribution in [0, 0.1) is 10.1 Å². The van der Waals surface area contributed by atoms with Crippen molar-refractivity contribution in [1.29, 1.82) is 0 Å². The van der Waals surface area contributed by atoms with Gasteiger partial charge in [-0.25, -0.2) is 0 Å². The lowest BCUT2D eigenvalue weighted by Gasteiger charge is -2.14. The first-order chi connectivity index (χ1) is 12.9. The van der Waals surface area contributed by atoms with E-state index in [1.165, 1.54) is 35.4 Å². The number of hydrogen-bond donors (Lipinski definition) is 1. The standard InChI is InChI=1S/C17H13N3O5S2/c21-15(18-11-3-5-12(6-4-11)20(23)24)7-8-19-16(22)14(27-17(19)26)10-13-2-1-9-25-13/h1-6,9-10H,7-8H2,(H,18,21)/b14-10+. The molecule has 1 aromatic carbocycles. The minimum atomic E-state index is -0.517. The fourth-order valence-corrected chi connectivity index (χ4v) is 3.59. The summed E-state index contributed by atoms with van der Waals surface area (Å²) in [5, 5.41) is 13.3. The van der Waals surface area contributed by atoms with Gasteiger partial charge in [-0.15, -0.1) is 0 Å². The number of nitro benzene ring substituents is 1. The van der Waals surface area contributed by atoms with Crippen molar-refractivity contribution in [1.82, 2.24) is 4.90 Å². The lowest BCUT2D eigenvalue weighted by atomic mass is 10.2. The van der Waals surface area contributed by atoms with Crippen LogP contribution in [-0.2, 0) is 9.59 Å². The number of benzene rings is 1. The lowest BCUT2D eigenvalue weighted by Crippen LogP contribution is -2.31. The maximum absolute atomic E-state index is 12.4. The maximum Gasteiger partial charge on any atom is 0.269 e. The molecule has 0 atom stereocenters. The van der Waals surface area contributed by atoms with Gasteiger partial charge in [0.1, 0.15) is 10.1 Å². The molecule has 1 aromatic heterocycles. The molecule has 2 heterocycles. The monoisotopic (exact) mass is 403 g/mol. The van der Waals surface area contributed by atoms with E-state index >= 15 is 0 Å². The fourth-order valence-electron chi connectivity index (χ4n) is 2.30. The number of anilines is 1. The average molecular weight is 403 g/mol. The minimum Gasteiger partial charge on any atom is -0.465 e. The number of thioether (sulfide) groups is 1. The fraction of sp³-hybridized carbons (Fsp3) is 0.118. The third kappa shape index (κ3) is 4.60. The second-order valence-electron chi connectivity index (χ2n) is 5.45. The number of nitro groups is 1. The van der Waals surface area contributed by atoms with Crippen LogP contribution in [0.15, 0.2) is 52.0 Å². The van der Waals surface area contributed by atoms with Crippen molar-refractivity contribution in [2.24, 2.45) is 0 Å². The zero-order chi connectivity index (χ0) is 19.4. The first-order valence-corrected chi connectivity index (χ1v) is 9.00. The quantitative estimate of drug-likeness (QED) is 0.341. The molecular formula is C17H13N3O5S2. The van der Waals surface area contributed by atoms with Gasteiger partial charge < -0.3 is 9.73 Å². The van der Waals surface area contributed by atoms with Crippen LogP contribution in [0.2, 0.25) is 0 Å². The molecule has 0 radical (unpaired) electrons. The van der Waals surface area contributed by atoms with Crippen molar-refractivity contribution < 1.29 is 18.9 Å². The average Bonchev–Trinajstić information content (AvgIpc) is 3.23. The summed E-state index contributed by atoms with van der Waals surface area (Å²) in [4.78, 5) is 36.4. The zero-order valence-corrected chi connectivity index (χ0v) is 15.4. The van der Waals surface area contributed by atoms with Gasteiger partial charge in [-0.3, -0.25) is 24.6 Å². The summed E-state index contributed by atoms with van der Waals surface area (Å²) in [6, 6.07) is 8.94. The predicted octanol–water partition coefficient (Wildman–Crippen LogP) is 3.42. The van der Waals surface area contributed by atoms with Crippen molar-refractivity contribution in [2.75, 3.05) is 11.9 Å². The number of nitrogens with zero attached hydrogens (tertiary/aromatic N) is 2. The normalized spacial score (nSPS) is 15.4. The molecule has 138 valence electrons. The van der Waals surface area contributed by atoms with E-state index in [9.17, 15) is 19.7 Å². The Labute approximate surface area is 163 Å². The van der Waals surface area contributed by atoms with E-state index in [0.717, 1.165) is 11.8 Å². The molecule has 2 amide bonds.